The number of rotatable bonds is 7. The van der Waals surface area contributed by atoms with E-state index in [0.29, 0.717) is 6.73 Å². The van der Waals surface area contributed by atoms with Crippen molar-refractivity contribution in [2.24, 2.45) is 0 Å². The summed E-state index contributed by atoms with van der Waals surface area (Å²) < 4.78 is 13.4. The van der Waals surface area contributed by atoms with Crippen LogP contribution in [0.2, 0.25) is 25.7 Å². The van der Waals surface area contributed by atoms with Crippen LogP contribution < -0.4 is 4.90 Å². The number of phenolic OH excluding ortho intramolecular Hbond substituents is 1. The molecule has 1 aliphatic rings. The Kier molecular flexibility index (Phi) is 6.00. The normalized spacial score (nSPS) is 15.4. The van der Waals surface area contributed by atoms with Gasteiger partial charge in [-0.2, -0.15) is 0 Å². The first-order valence-electron chi connectivity index (χ1n) is 9.19. The number of hydrogen-bond donors (Lipinski definition) is 1. The van der Waals surface area contributed by atoms with Crippen LogP contribution in [-0.4, -0.2) is 55.6 Å². The van der Waals surface area contributed by atoms with Crippen LogP contribution in [0.3, 0.4) is 0 Å². The SMILES string of the molecule is C[Si](C)(C)CCOCn1cc(N2CCOCC2)nc1-c1ccc(O)cc1. The molecule has 1 aromatic heterocycles. The molecule has 26 heavy (non-hydrogen) atoms. The second-order valence-corrected chi connectivity index (χ2v) is 13.5. The number of nitrogens with zero attached hydrogens (tertiary/aromatic N) is 3. The monoisotopic (exact) mass is 375 g/mol. The van der Waals surface area contributed by atoms with Crippen LogP contribution in [0.25, 0.3) is 11.4 Å². The van der Waals surface area contributed by atoms with Crippen molar-refractivity contribution in [1.82, 2.24) is 9.55 Å². The fourth-order valence-electron chi connectivity index (χ4n) is 2.83. The first kappa shape index (κ1) is 18.9. The lowest BCUT2D eigenvalue weighted by Crippen LogP contribution is -2.36. The molecule has 0 amide bonds. The second kappa shape index (κ2) is 8.24. The maximum absolute atomic E-state index is 9.56. The van der Waals surface area contributed by atoms with Gasteiger partial charge in [-0.05, 0) is 30.3 Å². The zero-order valence-electron chi connectivity index (χ0n) is 15.9. The van der Waals surface area contributed by atoms with Crippen molar-refractivity contribution in [3.05, 3.63) is 30.5 Å². The smallest absolute Gasteiger partial charge is 0.147 e. The van der Waals surface area contributed by atoms with E-state index in [2.05, 4.69) is 35.3 Å². The highest BCUT2D eigenvalue weighted by atomic mass is 28.3. The Labute approximate surface area is 156 Å². The summed E-state index contributed by atoms with van der Waals surface area (Å²) in [6.07, 6.45) is 2.06. The Morgan fingerprint density at radius 1 is 1.15 bits per heavy atom. The number of benzene rings is 1. The Morgan fingerprint density at radius 2 is 1.85 bits per heavy atom. The molecule has 1 aromatic carbocycles. The standard InChI is InChI=1S/C19H29N3O3Si/c1-26(2,3)13-12-25-15-22-14-18(21-8-10-24-11-9-21)20-19(22)16-4-6-17(23)7-5-16/h4-7,14,23H,8-13,15H2,1-3H3. The molecule has 2 aromatic rings. The maximum atomic E-state index is 9.56. The molecule has 0 bridgehead atoms. The molecular weight excluding hydrogens is 346 g/mol. The van der Waals surface area contributed by atoms with Crippen molar-refractivity contribution in [2.45, 2.75) is 32.4 Å². The van der Waals surface area contributed by atoms with Gasteiger partial charge in [0, 0.05) is 33.3 Å². The molecule has 2 heterocycles. The van der Waals surface area contributed by atoms with E-state index in [0.717, 1.165) is 56.2 Å². The van der Waals surface area contributed by atoms with Gasteiger partial charge >= 0.3 is 0 Å². The molecule has 0 radical (unpaired) electrons. The van der Waals surface area contributed by atoms with Gasteiger partial charge in [-0.25, -0.2) is 4.98 Å². The van der Waals surface area contributed by atoms with Gasteiger partial charge in [0.2, 0.25) is 0 Å². The average Bonchev–Trinajstić information content (AvgIpc) is 3.04. The minimum atomic E-state index is -1.10. The van der Waals surface area contributed by atoms with Crippen molar-refractivity contribution < 1.29 is 14.6 Å². The summed E-state index contributed by atoms with van der Waals surface area (Å²) in [4.78, 5) is 7.08. The van der Waals surface area contributed by atoms with Crippen LogP contribution in [0.15, 0.2) is 30.5 Å². The van der Waals surface area contributed by atoms with Gasteiger partial charge in [-0.3, -0.25) is 0 Å². The number of phenols is 1. The lowest BCUT2D eigenvalue weighted by molar-refractivity contribution is 0.0882. The summed E-state index contributed by atoms with van der Waals surface area (Å²) >= 11 is 0. The van der Waals surface area contributed by atoms with E-state index in [1.54, 1.807) is 12.1 Å². The lowest BCUT2D eigenvalue weighted by atomic mass is 10.2. The molecule has 0 atom stereocenters. The van der Waals surface area contributed by atoms with Crippen molar-refractivity contribution in [3.8, 4) is 17.1 Å². The highest BCUT2D eigenvalue weighted by molar-refractivity contribution is 6.76. The van der Waals surface area contributed by atoms with Crippen LogP contribution in [0.5, 0.6) is 5.75 Å². The molecule has 7 heteroatoms. The summed E-state index contributed by atoms with van der Waals surface area (Å²) in [6, 6.07) is 8.30. The largest absolute Gasteiger partial charge is 0.508 e. The van der Waals surface area contributed by atoms with E-state index in [9.17, 15) is 5.11 Å². The number of hydrogen-bond acceptors (Lipinski definition) is 5. The Hall–Kier alpha value is -1.83. The average molecular weight is 376 g/mol. The third kappa shape index (κ3) is 5.09. The van der Waals surface area contributed by atoms with Crippen LogP contribution in [-0.2, 0) is 16.2 Å². The Balaban J connectivity index is 1.78. The number of aromatic hydroxyl groups is 1. The third-order valence-electron chi connectivity index (χ3n) is 4.45. The predicted molar refractivity (Wildman–Crippen MR) is 106 cm³/mol. The van der Waals surface area contributed by atoms with Crippen LogP contribution in [0.1, 0.15) is 0 Å². The summed E-state index contributed by atoms with van der Waals surface area (Å²) in [5.74, 6) is 2.07. The zero-order chi connectivity index (χ0) is 18.6. The number of morpholine rings is 1. The molecule has 142 valence electrons. The van der Waals surface area contributed by atoms with Crippen molar-refractivity contribution in [2.75, 3.05) is 37.8 Å². The molecule has 1 saturated heterocycles. The van der Waals surface area contributed by atoms with Gasteiger partial charge in [0.25, 0.3) is 0 Å². The van der Waals surface area contributed by atoms with E-state index < -0.39 is 8.07 Å². The summed E-state index contributed by atoms with van der Waals surface area (Å²) in [5, 5.41) is 9.56. The van der Waals surface area contributed by atoms with Crippen molar-refractivity contribution in [1.29, 1.82) is 0 Å². The van der Waals surface area contributed by atoms with Gasteiger partial charge in [0.15, 0.2) is 0 Å². The molecule has 0 spiro atoms. The van der Waals surface area contributed by atoms with Crippen molar-refractivity contribution >= 4 is 13.9 Å². The minimum absolute atomic E-state index is 0.256. The molecule has 0 unspecified atom stereocenters. The van der Waals surface area contributed by atoms with E-state index in [4.69, 9.17) is 14.5 Å². The Morgan fingerprint density at radius 3 is 2.50 bits per heavy atom. The fraction of sp³-hybridized carbons (Fsp3) is 0.526. The van der Waals surface area contributed by atoms with Gasteiger partial charge in [0.05, 0.1) is 19.4 Å². The topological polar surface area (TPSA) is 59.8 Å². The molecular formula is C19H29N3O3Si. The van der Waals surface area contributed by atoms with Crippen LogP contribution >= 0.6 is 0 Å². The van der Waals surface area contributed by atoms with E-state index >= 15 is 0 Å². The van der Waals surface area contributed by atoms with Crippen LogP contribution in [0, 0.1) is 0 Å². The first-order valence-corrected chi connectivity index (χ1v) is 12.9. The highest BCUT2D eigenvalue weighted by Gasteiger charge is 2.18. The lowest BCUT2D eigenvalue weighted by Gasteiger charge is -2.26. The number of imidazole rings is 1. The van der Waals surface area contributed by atoms with E-state index in [1.807, 2.05) is 12.1 Å². The number of aromatic nitrogens is 2. The highest BCUT2D eigenvalue weighted by Crippen LogP contribution is 2.25. The summed E-state index contributed by atoms with van der Waals surface area (Å²) in [7, 11) is -1.10. The molecule has 3 rings (SSSR count). The quantitative estimate of drug-likeness (QED) is 0.594. The first-order chi connectivity index (χ1) is 12.4. The van der Waals surface area contributed by atoms with Gasteiger partial charge in [-0.1, -0.05) is 19.6 Å². The number of anilines is 1. The number of ether oxygens (including phenoxy) is 2. The Bertz CT molecular complexity index is 704. The van der Waals surface area contributed by atoms with Crippen LogP contribution in [0.4, 0.5) is 5.82 Å². The third-order valence-corrected chi connectivity index (χ3v) is 6.16. The van der Waals surface area contributed by atoms with Gasteiger partial charge in [0.1, 0.15) is 24.1 Å². The zero-order valence-corrected chi connectivity index (χ0v) is 16.9. The molecule has 1 aliphatic heterocycles. The summed E-state index contributed by atoms with van der Waals surface area (Å²) in [6.45, 7) is 11.5. The predicted octanol–water partition coefficient (Wildman–Crippen LogP) is 3.40. The summed E-state index contributed by atoms with van der Waals surface area (Å²) in [5.41, 5.74) is 0.969. The molecule has 1 fully saturated rings. The molecule has 6 nitrogen and oxygen atoms in total. The van der Waals surface area contributed by atoms with Gasteiger partial charge in [-0.15, -0.1) is 0 Å². The fourth-order valence-corrected chi connectivity index (χ4v) is 3.58. The molecule has 1 N–H and O–H groups in total. The van der Waals surface area contributed by atoms with E-state index in [1.165, 1.54) is 0 Å². The molecule has 0 aliphatic carbocycles. The van der Waals surface area contributed by atoms with Gasteiger partial charge < -0.3 is 24.0 Å². The minimum Gasteiger partial charge on any atom is -0.508 e. The maximum Gasteiger partial charge on any atom is 0.147 e. The molecule has 0 saturated carbocycles. The van der Waals surface area contributed by atoms with Crippen molar-refractivity contribution in [3.63, 3.8) is 0 Å². The van der Waals surface area contributed by atoms with E-state index in [-0.39, 0.29) is 5.75 Å². The second-order valence-electron chi connectivity index (χ2n) is 7.89.